The van der Waals surface area contributed by atoms with Gasteiger partial charge in [-0.25, -0.2) is 23.5 Å². The fourth-order valence-corrected chi connectivity index (χ4v) is 8.27. The summed E-state index contributed by atoms with van der Waals surface area (Å²) in [6.07, 6.45) is 5.66. The number of nitrogens with zero attached hydrogens (tertiary/aromatic N) is 4. The standard InChI is InChI=1S/C41H37N5O7/c1-25-14-17-28(18-15-25)42-45-37(48)32-24-33-30(20-21-43-39(50)44(40(51)46(33)43)29-12-8-5-9-13-29)31(41(32,38(45)49)27-10-6-4-7-11-27)19-16-26-22-34(52-2)36(47)35(23-26)53-3/h4-20,22-23,31-33,42,47H,21,24H2,1-3H3. The Hall–Kier alpha value is -6.56. The van der Waals surface area contributed by atoms with Crippen LogP contribution in [0.25, 0.3) is 11.8 Å². The van der Waals surface area contributed by atoms with Gasteiger partial charge in [-0.15, -0.1) is 0 Å². The Bertz CT molecular complexity index is 2400. The number of methoxy groups -OCH3 is 2. The van der Waals surface area contributed by atoms with Crippen molar-refractivity contribution in [1.29, 1.82) is 0 Å². The van der Waals surface area contributed by atoms with Crippen molar-refractivity contribution in [3.05, 3.63) is 152 Å². The predicted octanol–water partition coefficient (Wildman–Crippen LogP) is 5.00. The maximum absolute atomic E-state index is 15.2. The number of benzene rings is 4. The second-order valence-corrected chi connectivity index (χ2v) is 13.5. The van der Waals surface area contributed by atoms with Gasteiger partial charge in [-0.05, 0) is 66.4 Å². The second-order valence-electron chi connectivity index (χ2n) is 13.5. The minimum atomic E-state index is -1.44. The Morgan fingerprint density at radius 1 is 0.849 bits per heavy atom. The molecule has 1 saturated heterocycles. The molecule has 2 aliphatic heterocycles. The molecule has 0 radical (unpaired) electrons. The van der Waals surface area contributed by atoms with Gasteiger partial charge in [0.05, 0.1) is 49.5 Å². The molecule has 1 aliphatic carbocycles. The van der Waals surface area contributed by atoms with E-state index in [0.717, 1.165) is 20.7 Å². The van der Waals surface area contributed by atoms with Crippen molar-refractivity contribution in [3.8, 4) is 22.9 Å². The highest BCUT2D eigenvalue weighted by Gasteiger charge is 2.68. The number of carbonyl (C=O) groups is 2. The minimum Gasteiger partial charge on any atom is -0.502 e. The summed E-state index contributed by atoms with van der Waals surface area (Å²) in [5.74, 6) is -2.37. The molecule has 12 nitrogen and oxygen atoms in total. The Kier molecular flexibility index (Phi) is 8.17. The number of hydrogen-bond acceptors (Lipinski definition) is 8. The Balaban J connectivity index is 1.35. The molecule has 2 fully saturated rings. The van der Waals surface area contributed by atoms with Crippen molar-refractivity contribution in [3.63, 3.8) is 0 Å². The van der Waals surface area contributed by atoms with Crippen LogP contribution >= 0.6 is 0 Å². The van der Waals surface area contributed by atoms with E-state index in [1.807, 2.05) is 73.7 Å². The highest BCUT2D eigenvalue weighted by atomic mass is 16.5. The average Bonchev–Trinajstić information content (AvgIpc) is 3.56. The second kappa shape index (κ2) is 12.9. The fourth-order valence-electron chi connectivity index (χ4n) is 8.27. The van der Waals surface area contributed by atoms with Gasteiger partial charge < -0.3 is 14.6 Å². The molecule has 2 amide bonds. The van der Waals surface area contributed by atoms with Crippen molar-refractivity contribution >= 4 is 23.6 Å². The van der Waals surface area contributed by atoms with Crippen LogP contribution in [0, 0.1) is 18.8 Å². The van der Waals surface area contributed by atoms with Crippen LogP contribution in [0.2, 0.25) is 0 Å². The highest BCUT2D eigenvalue weighted by Crippen LogP contribution is 2.59. The molecule has 3 aliphatic rings. The van der Waals surface area contributed by atoms with Gasteiger partial charge in [0.1, 0.15) is 0 Å². The number of nitrogens with one attached hydrogen (secondary N) is 1. The van der Waals surface area contributed by atoms with Crippen molar-refractivity contribution in [2.75, 3.05) is 19.6 Å². The van der Waals surface area contributed by atoms with E-state index in [-0.39, 0.29) is 30.2 Å². The zero-order valence-electron chi connectivity index (χ0n) is 29.3. The number of ether oxygens (including phenoxy) is 2. The maximum Gasteiger partial charge on any atom is 0.352 e. The molecule has 4 atom stereocenters. The summed E-state index contributed by atoms with van der Waals surface area (Å²) in [7, 11) is 2.87. The van der Waals surface area contributed by atoms with Gasteiger partial charge in [-0.3, -0.25) is 15.0 Å². The molecule has 53 heavy (non-hydrogen) atoms. The number of phenols is 1. The molecule has 4 aromatic carbocycles. The van der Waals surface area contributed by atoms with E-state index in [2.05, 4.69) is 5.43 Å². The van der Waals surface area contributed by atoms with Crippen LogP contribution in [-0.4, -0.2) is 50.1 Å². The average molecular weight is 712 g/mol. The van der Waals surface area contributed by atoms with Gasteiger partial charge in [0.2, 0.25) is 5.75 Å². The highest BCUT2D eigenvalue weighted by molar-refractivity contribution is 6.12. The number of imide groups is 1. The smallest absolute Gasteiger partial charge is 0.352 e. The number of carbonyl (C=O) groups excluding carboxylic acids is 2. The molecule has 0 spiro atoms. The summed E-state index contributed by atoms with van der Waals surface area (Å²) in [5, 5.41) is 11.7. The molecule has 12 heteroatoms. The summed E-state index contributed by atoms with van der Waals surface area (Å²) < 4.78 is 14.8. The van der Waals surface area contributed by atoms with Gasteiger partial charge in [-0.2, -0.15) is 5.01 Å². The lowest BCUT2D eigenvalue weighted by molar-refractivity contribution is -0.138. The van der Waals surface area contributed by atoms with Crippen LogP contribution in [-0.2, 0) is 21.5 Å². The van der Waals surface area contributed by atoms with Crippen LogP contribution in [0.4, 0.5) is 5.69 Å². The Morgan fingerprint density at radius 3 is 2.13 bits per heavy atom. The van der Waals surface area contributed by atoms with E-state index in [9.17, 15) is 19.5 Å². The van der Waals surface area contributed by atoms with Gasteiger partial charge in [-0.1, -0.05) is 84.5 Å². The number of aromatic hydroxyl groups is 1. The van der Waals surface area contributed by atoms with E-state index in [1.54, 1.807) is 48.5 Å². The number of phenolic OH excluding ortho intramolecular Hbond substituents is 1. The predicted molar refractivity (Wildman–Crippen MR) is 198 cm³/mol. The minimum absolute atomic E-state index is 0.0773. The maximum atomic E-state index is 15.2. The fraction of sp³-hybridized carbons (Fsp3) is 0.220. The van der Waals surface area contributed by atoms with Crippen LogP contribution < -0.4 is 26.3 Å². The van der Waals surface area contributed by atoms with Crippen LogP contribution in [0.5, 0.6) is 17.2 Å². The number of aryl methyl sites for hydroxylation is 1. The lowest BCUT2D eigenvalue weighted by atomic mass is 9.54. The van der Waals surface area contributed by atoms with Crippen molar-refractivity contribution < 1.29 is 24.2 Å². The monoisotopic (exact) mass is 711 g/mol. The van der Waals surface area contributed by atoms with Crippen molar-refractivity contribution in [1.82, 2.24) is 18.9 Å². The number of hydrazine groups is 1. The molecule has 0 bridgehead atoms. The molecule has 4 unspecified atom stereocenters. The summed E-state index contributed by atoms with van der Waals surface area (Å²) in [6, 6.07) is 27.9. The van der Waals surface area contributed by atoms with Crippen LogP contribution in [0.1, 0.15) is 29.2 Å². The normalized spacial score (nSPS) is 21.9. The van der Waals surface area contributed by atoms with E-state index in [4.69, 9.17) is 9.47 Å². The van der Waals surface area contributed by atoms with Gasteiger partial charge >= 0.3 is 11.4 Å². The number of hydrogen-bond donors (Lipinski definition) is 2. The molecule has 1 saturated carbocycles. The molecule has 8 rings (SSSR count). The van der Waals surface area contributed by atoms with Gasteiger partial charge in [0.15, 0.2) is 11.5 Å². The number of aromatic nitrogens is 3. The zero-order chi connectivity index (χ0) is 37.0. The molecule has 5 aromatic rings. The number of anilines is 1. The van der Waals surface area contributed by atoms with Crippen LogP contribution in [0.15, 0.2) is 124 Å². The molecule has 3 heterocycles. The third-order valence-electron chi connectivity index (χ3n) is 10.7. The number of amides is 2. The number of rotatable bonds is 8. The summed E-state index contributed by atoms with van der Waals surface area (Å²) in [4.78, 5) is 58.1. The largest absolute Gasteiger partial charge is 0.502 e. The van der Waals surface area contributed by atoms with Crippen molar-refractivity contribution in [2.24, 2.45) is 11.8 Å². The molecule has 268 valence electrons. The van der Waals surface area contributed by atoms with E-state index in [1.165, 1.54) is 23.6 Å². The molecule has 2 N–H and O–H groups in total. The Labute approximate surface area is 304 Å². The topological polar surface area (TPSA) is 137 Å². The first-order valence-electron chi connectivity index (χ1n) is 17.3. The summed E-state index contributed by atoms with van der Waals surface area (Å²) in [5.41, 5.74) is 4.62. The first kappa shape index (κ1) is 33.6. The summed E-state index contributed by atoms with van der Waals surface area (Å²) >= 11 is 0. The SMILES string of the molecule is COc1cc(C=CC2C3=CCn4c(=O)n(-c5ccccc5)c(=O)n4C3CC3C(=O)N(Nc4ccc(C)cc4)C(=O)C23c2ccccc2)cc(OC)c1O. The summed E-state index contributed by atoms with van der Waals surface area (Å²) in [6.45, 7) is 2.03. The Morgan fingerprint density at radius 2 is 1.49 bits per heavy atom. The zero-order valence-corrected chi connectivity index (χ0v) is 29.3. The number of allylic oxidation sites excluding steroid dienone is 3. The van der Waals surface area contributed by atoms with Gasteiger partial charge in [0.25, 0.3) is 11.8 Å². The lowest BCUT2D eigenvalue weighted by Gasteiger charge is -2.47. The first-order chi connectivity index (χ1) is 25.7. The quantitative estimate of drug-likeness (QED) is 0.170. The lowest BCUT2D eigenvalue weighted by Crippen LogP contribution is -2.54. The van der Waals surface area contributed by atoms with Gasteiger partial charge in [0, 0.05) is 5.92 Å². The number of para-hydroxylation sites is 1. The van der Waals surface area contributed by atoms with E-state index >= 15 is 4.79 Å². The van der Waals surface area contributed by atoms with E-state index in [0.29, 0.717) is 22.5 Å². The van der Waals surface area contributed by atoms with E-state index < -0.39 is 46.5 Å². The third kappa shape index (κ3) is 5.12. The number of fused-ring (bicyclic) bond motifs is 4. The first-order valence-corrected chi connectivity index (χ1v) is 17.3. The molecular formula is C41H37N5O7. The third-order valence-corrected chi connectivity index (χ3v) is 10.7. The molecular weight excluding hydrogens is 674 g/mol. The molecule has 1 aromatic heterocycles. The van der Waals surface area contributed by atoms with Crippen LogP contribution in [0.3, 0.4) is 0 Å². The van der Waals surface area contributed by atoms with Crippen molar-refractivity contribution in [2.45, 2.75) is 31.3 Å².